The van der Waals surface area contributed by atoms with E-state index in [1.807, 2.05) is 0 Å². The van der Waals surface area contributed by atoms with Crippen LogP contribution in [0, 0.1) is 20.8 Å². The molecule has 0 aliphatic carbocycles. The van der Waals surface area contributed by atoms with Gasteiger partial charge in [0.1, 0.15) is 0 Å². The topological polar surface area (TPSA) is 17.0 Å². The van der Waals surface area contributed by atoms with Gasteiger partial charge in [0, 0.05) is 0 Å². The predicted molar refractivity (Wildman–Crippen MR) is 129 cm³/mol. The molecule has 5 aromatic rings. The molecule has 3 heteroatoms. The first-order chi connectivity index (χ1) is 14.3. The number of furan rings is 1. The molecule has 0 radical (unpaired) electrons. The van der Waals surface area contributed by atoms with Crippen molar-refractivity contribution in [2.75, 3.05) is 0 Å². The van der Waals surface area contributed by atoms with Crippen LogP contribution in [0.2, 0.25) is 11.5 Å². The Morgan fingerprint density at radius 1 is 0.867 bits per heavy atom. The molecule has 0 saturated carbocycles. The van der Waals surface area contributed by atoms with Crippen molar-refractivity contribution in [3.63, 3.8) is 0 Å². The number of nitrogens with zero attached hydrogens (tertiary/aromatic N) is 1. The van der Waals surface area contributed by atoms with Crippen LogP contribution < -0.4 is 13.4 Å². The van der Waals surface area contributed by atoms with Gasteiger partial charge in [-0.25, -0.2) is 0 Å². The van der Waals surface area contributed by atoms with E-state index in [-0.39, 0.29) is 0 Å². The standard InChI is InChI=1S/C27H26GeNO/c1-15-13-16(2)25-23(17(15)3)26-24-19(11-12-29(26)6)27-20(14-21(24)28(25,4)5)18-9-7-8-10-22(18)30-27/h7-14H,1-6H3/q+1. The van der Waals surface area contributed by atoms with Gasteiger partial charge in [0.2, 0.25) is 0 Å². The van der Waals surface area contributed by atoms with E-state index in [0.717, 1.165) is 11.2 Å². The summed E-state index contributed by atoms with van der Waals surface area (Å²) in [6.45, 7) is 6.87. The maximum absolute atomic E-state index is 6.43. The van der Waals surface area contributed by atoms with Gasteiger partial charge in [0.25, 0.3) is 0 Å². The molecule has 0 amide bonds. The Morgan fingerprint density at radius 3 is 2.43 bits per heavy atom. The molecule has 2 aromatic heterocycles. The molecule has 0 unspecified atom stereocenters. The third kappa shape index (κ3) is 2.08. The summed E-state index contributed by atoms with van der Waals surface area (Å²) in [4.78, 5) is 0. The zero-order valence-electron chi connectivity index (χ0n) is 18.5. The van der Waals surface area contributed by atoms with Crippen LogP contribution in [0.3, 0.4) is 0 Å². The average Bonchev–Trinajstić information content (AvgIpc) is 3.08. The fourth-order valence-electron chi connectivity index (χ4n) is 5.85. The van der Waals surface area contributed by atoms with Gasteiger partial charge >= 0.3 is 180 Å². The van der Waals surface area contributed by atoms with Crippen molar-refractivity contribution in [2.24, 2.45) is 7.05 Å². The molecule has 1 aliphatic heterocycles. The second-order valence-corrected chi connectivity index (χ2v) is 18.5. The Bertz CT molecular complexity index is 1560. The number of fused-ring (bicyclic) bond motifs is 6. The van der Waals surface area contributed by atoms with E-state index in [2.05, 4.69) is 92.6 Å². The number of pyridine rings is 1. The number of hydrogen-bond acceptors (Lipinski definition) is 1. The first kappa shape index (κ1) is 18.2. The van der Waals surface area contributed by atoms with Crippen molar-refractivity contribution >= 4 is 54.8 Å². The zero-order chi connectivity index (χ0) is 20.9. The number of aryl methyl sites for hydroxylation is 3. The van der Waals surface area contributed by atoms with Gasteiger partial charge in [0.15, 0.2) is 0 Å². The van der Waals surface area contributed by atoms with Crippen molar-refractivity contribution in [3.8, 4) is 11.3 Å². The summed E-state index contributed by atoms with van der Waals surface area (Å²) in [6, 6.07) is 15.6. The van der Waals surface area contributed by atoms with Crippen LogP contribution in [0.4, 0.5) is 0 Å². The molecule has 3 aromatic carbocycles. The number of rotatable bonds is 0. The minimum absolute atomic E-state index is 0.978. The van der Waals surface area contributed by atoms with Crippen molar-refractivity contribution in [3.05, 3.63) is 65.4 Å². The summed E-state index contributed by atoms with van der Waals surface area (Å²) in [7, 11) is 2.19. The van der Waals surface area contributed by atoms with E-state index in [9.17, 15) is 0 Å². The summed E-state index contributed by atoms with van der Waals surface area (Å²) in [5.41, 5.74) is 9.11. The fourth-order valence-corrected chi connectivity index (χ4v) is 13.5. The fraction of sp³-hybridized carbons (Fsp3) is 0.222. The number of para-hydroxylation sites is 1. The third-order valence-corrected chi connectivity index (χ3v) is 15.0. The van der Waals surface area contributed by atoms with Crippen LogP contribution in [0.15, 0.2) is 53.1 Å². The molecule has 0 atom stereocenters. The van der Waals surface area contributed by atoms with E-state index in [4.69, 9.17) is 4.42 Å². The SMILES string of the molecule is Cc1cc(C)[c]2c(c1C)-c1c3[c](cc4c5ccccc5oc4c3cc[n+]1C)[Ge]2([CH3])[CH3]. The normalized spacial score (nSPS) is 14.6. The Labute approximate surface area is 179 Å². The van der Waals surface area contributed by atoms with Crippen molar-refractivity contribution in [1.29, 1.82) is 0 Å². The number of benzene rings is 3. The summed E-state index contributed by atoms with van der Waals surface area (Å²) in [5, 5.41) is 5.16. The van der Waals surface area contributed by atoms with Gasteiger partial charge < -0.3 is 0 Å². The Morgan fingerprint density at radius 2 is 1.63 bits per heavy atom. The van der Waals surface area contributed by atoms with Gasteiger partial charge in [-0.2, -0.15) is 0 Å². The number of hydrogen-bond donors (Lipinski definition) is 0. The predicted octanol–water partition coefficient (Wildman–Crippen LogP) is 5.29. The molecule has 2 nitrogen and oxygen atoms in total. The summed E-state index contributed by atoms with van der Waals surface area (Å²) in [5.74, 6) is 5.14. The summed E-state index contributed by atoms with van der Waals surface area (Å²) < 4.78 is 12.0. The van der Waals surface area contributed by atoms with Crippen molar-refractivity contribution < 1.29 is 8.98 Å². The Hall–Kier alpha value is -2.59. The monoisotopic (exact) mass is 454 g/mol. The van der Waals surface area contributed by atoms with Crippen LogP contribution in [0.25, 0.3) is 44.0 Å². The van der Waals surface area contributed by atoms with Gasteiger partial charge in [0.05, 0.1) is 0 Å². The molecule has 148 valence electrons. The van der Waals surface area contributed by atoms with E-state index >= 15 is 0 Å². The summed E-state index contributed by atoms with van der Waals surface area (Å²) >= 11 is -2.56. The van der Waals surface area contributed by atoms with E-state index < -0.39 is 13.3 Å². The summed E-state index contributed by atoms with van der Waals surface area (Å²) in [6.07, 6.45) is 2.21. The molecule has 0 saturated heterocycles. The third-order valence-electron chi connectivity index (χ3n) is 7.34. The van der Waals surface area contributed by atoms with Gasteiger partial charge in [-0.1, -0.05) is 0 Å². The van der Waals surface area contributed by atoms with Crippen LogP contribution in [0.1, 0.15) is 16.7 Å². The van der Waals surface area contributed by atoms with Crippen LogP contribution in [-0.4, -0.2) is 13.3 Å². The molecule has 0 bridgehead atoms. The second-order valence-electron chi connectivity index (χ2n) is 9.47. The quantitative estimate of drug-likeness (QED) is 0.230. The molecule has 0 N–H and O–H groups in total. The van der Waals surface area contributed by atoms with E-state index in [1.165, 1.54) is 49.5 Å². The molecule has 0 fully saturated rings. The van der Waals surface area contributed by atoms with Gasteiger partial charge in [-0.15, -0.1) is 0 Å². The average molecular weight is 453 g/mol. The molecular weight excluding hydrogens is 427 g/mol. The van der Waals surface area contributed by atoms with E-state index in [0.29, 0.717) is 0 Å². The zero-order valence-corrected chi connectivity index (χ0v) is 20.6. The molecule has 6 rings (SSSR count). The maximum atomic E-state index is 6.43. The minimum atomic E-state index is -2.56. The Kier molecular flexibility index (Phi) is 3.50. The van der Waals surface area contributed by atoms with Crippen LogP contribution >= 0.6 is 0 Å². The molecule has 0 spiro atoms. The molecule has 30 heavy (non-hydrogen) atoms. The van der Waals surface area contributed by atoms with Crippen LogP contribution in [-0.2, 0) is 7.05 Å². The van der Waals surface area contributed by atoms with E-state index in [1.54, 1.807) is 8.79 Å². The first-order valence-electron chi connectivity index (χ1n) is 10.7. The van der Waals surface area contributed by atoms with Crippen molar-refractivity contribution in [1.82, 2.24) is 0 Å². The Balaban J connectivity index is 1.94. The molecular formula is C27H26GeNO+. The van der Waals surface area contributed by atoms with Crippen LogP contribution in [0.5, 0.6) is 0 Å². The molecule has 3 heterocycles. The number of aromatic nitrogens is 1. The first-order valence-corrected chi connectivity index (χ1v) is 17.0. The molecule has 1 aliphatic rings. The van der Waals surface area contributed by atoms with Crippen molar-refractivity contribution in [2.45, 2.75) is 32.3 Å². The van der Waals surface area contributed by atoms with Gasteiger partial charge in [-0.05, 0) is 0 Å². The van der Waals surface area contributed by atoms with Gasteiger partial charge in [-0.3, -0.25) is 0 Å². The second kappa shape index (κ2) is 5.76.